The van der Waals surface area contributed by atoms with Crippen LogP contribution < -0.4 is 10.5 Å². The van der Waals surface area contributed by atoms with E-state index in [9.17, 15) is 34.8 Å². The van der Waals surface area contributed by atoms with Crippen molar-refractivity contribution in [2.75, 3.05) is 25.5 Å². The van der Waals surface area contributed by atoms with Gasteiger partial charge in [-0.3, -0.25) is 4.79 Å². The molecule has 0 aliphatic heterocycles. The average molecular weight is 684 g/mol. The van der Waals surface area contributed by atoms with Crippen LogP contribution in [0.1, 0.15) is 34.1 Å². The number of rotatable bonds is 13. The molecular weight excluding hydrogens is 644 g/mol. The monoisotopic (exact) mass is 683 g/mol. The van der Waals surface area contributed by atoms with Crippen molar-refractivity contribution in [1.29, 1.82) is 0 Å². The molecule has 0 radical (unpaired) electrons. The molecule has 0 aliphatic rings. The van der Waals surface area contributed by atoms with Crippen molar-refractivity contribution >= 4 is 51.5 Å². The molecule has 2 aromatic rings. The molecule has 2 aromatic carbocycles. The lowest BCUT2D eigenvalue weighted by Crippen LogP contribution is -2.43. The van der Waals surface area contributed by atoms with Crippen molar-refractivity contribution in [3.05, 3.63) is 48.5 Å². The average Bonchev–Trinajstić information content (AvgIpc) is 2.86. The predicted octanol–water partition coefficient (Wildman–Crippen LogP) is 5.46. The van der Waals surface area contributed by atoms with Gasteiger partial charge in [-0.1, -0.05) is 45.9 Å². The van der Waals surface area contributed by atoms with Crippen LogP contribution >= 0.6 is 11.8 Å². The van der Waals surface area contributed by atoms with Crippen LogP contribution in [0.5, 0.6) is 0 Å². The van der Waals surface area contributed by atoms with E-state index in [1.807, 2.05) is 18.2 Å². The number of carbonyl (C=O) groups is 1. The summed E-state index contributed by atoms with van der Waals surface area (Å²) >= 11 is 1.33. The summed E-state index contributed by atoms with van der Waals surface area (Å²) in [6.45, 7) is 12.8. The van der Waals surface area contributed by atoms with Crippen molar-refractivity contribution in [1.82, 2.24) is 4.90 Å². The molecule has 16 heteroatoms. The number of nitrogens with one attached hydrogen (secondary N) is 1. The standard InChI is InChI=1S/C27H40F3N3O6S3Si/c1-19(40-20-11-9-8-10-12-20)23(18-25(34)33(5)15-16-39-43(6,7)26(2,3)4)32-22-14-13-21(42(31,37)38)17-24(22)41(35,36)27(28,29)30/h8-14,17,19,23,32H,15-16,18H2,1-7H3,(H2,31,37,38)/t19?,23-/m1/s1. The summed E-state index contributed by atoms with van der Waals surface area (Å²) in [6, 6.07) is 10.4. The molecular formula is C27H40F3N3O6S3Si. The van der Waals surface area contributed by atoms with Gasteiger partial charge in [0, 0.05) is 36.2 Å². The van der Waals surface area contributed by atoms with Crippen LogP contribution in [-0.4, -0.2) is 73.0 Å². The largest absolute Gasteiger partial charge is 0.501 e. The minimum atomic E-state index is -6.00. The number of likely N-dealkylation sites (N-methyl/N-ethyl adjacent to an activating group) is 1. The van der Waals surface area contributed by atoms with Gasteiger partial charge in [0.05, 0.1) is 17.2 Å². The molecule has 0 aliphatic carbocycles. The van der Waals surface area contributed by atoms with Gasteiger partial charge in [-0.05, 0) is 48.5 Å². The van der Waals surface area contributed by atoms with E-state index in [-0.39, 0.29) is 23.9 Å². The van der Waals surface area contributed by atoms with E-state index in [4.69, 9.17) is 9.56 Å². The number of carbonyl (C=O) groups excluding carboxylic acids is 1. The molecule has 0 bridgehead atoms. The Morgan fingerprint density at radius 2 is 1.65 bits per heavy atom. The molecule has 1 unspecified atom stereocenters. The van der Waals surface area contributed by atoms with Crippen molar-refractivity contribution in [2.24, 2.45) is 5.14 Å². The Morgan fingerprint density at radius 3 is 2.16 bits per heavy atom. The normalized spacial score (nSPS) is 14.7. The third kappa shape index (κ3) is 9.94. The van der Waals surface area contributed by atoms with E-state index in [0.29, 0.717) is 12.7 Å². The number of nitrogens with two attached hydrogens (primary N) is 1. The van der Waals surface area contributed by atoms with Gasteiger partial charge in [0.25, 0.3) is 9.84 Å². The molecule has 0 spiro atoms. The molecule has 0 saturated carbocycles. The van der Waals surface area contributed by atoms with E-state index in [2.05, 4.69) is 39.2 Å². The molecule has 0 fully saturated rings. The highest BCUT2D eigenvalue weighted by Crippen LogP contribution is 2.38. The molecule has 0 saturated heterocycles. The minimum Gasteiger partial charge on any atom is -0.415 e. The number of hydrogen-bond donors (Lipinski definition) is 2. The first kappa shape index (κ1) is 37.1. The molecule has 2 rings (SSSR count). The summed E-state index contributed by atoms with van der Waals surface area (Å²) in [6.07, 6.45) is -0.208. The van der Waals surface area contributed by atoms with Gasteiger partial charge in [-0.15, -0.1) is 11.8 Å². The second kappa shape index (κ2) is 13.9. The molecule has 2 atom stereocenters. The van der Waals surface area contributed by atoms with Gasteiger partial charge in [0.1, 0.15) is 4.90 Å². The Kier molecular flexibility index (Phi) is 12.0. The first-order valence-corrected chi connectivity index (χ1v) is 20.1. The van der Waals surface area contributed by atoms with E-state index in [0.717, 1.165) is 17.0 Å². The minimum absolute atomic E-state index is 0.0259. The van der Waals surface area contributed by atoms with Gasteiger partial charge in [-0.2, -0.15) is 13.2 Å². The number of thioether (sulfide) groups is 1. The van der Waals surface area contributed by atoms with Crippen molar-refractivity contribution in [3.63, 3.8) is 0 Å². The molecule has 43 heavy (non-hydrogen) atoms. The number of nitrogens with zero attached hydrogens (tertiary/aromatic N) is 1. The fourth-order valence-corrected chi connectivity index (χ4v) is 7.27. The summed E-state index contributed by atoms with van der Waals surface area (Å²) in [7, 11) is -11.0. The third-order valence-corrected chi connectivity index (χ3v) is 15.6. The quantitative estimate of drug-likeness (QED) is 0.210. The van der Waals surface area contributed by atoms with Crippen LogP contribution in [0.15, 0.2) is 63.2 Å². The number of primary sulfonamides is 1. The van der Waals surface area contributed by atoms with Gasteiger partial charge in [0.15, 0.2) is 8.32 Å². The topological polar surface area (TPSA) is 136 Å². The highest BCUT2D eigenvalue weighted by atomic mass is 32.2. The Morgan fingerprint density at radius 1 is 1.07 bits per heavy atom. The van der Waals surface area contributed by atoms with Crippen molar-refractivity contribution in [2.45, 2.75) is 83.7 Å². The lowest BCUT2D eigenvalue weighted by Gasteiger charge is -2.36. The number of anilines is 1. The number of hydrogen-bond acceptors (Lipinski definition) is 8. The summed E-state index contributed by atoms with van der Waals surface area (Å²) < 4.78 is 95.8. The molecule has 0 heterocycles. The highest BCUT2D eigenvalue weighted by Gasteiger charge is 2.48. The third-order valence-electron chi connectivity index (χ3n) is 7.36. The Balaban J connectivity index is 2.43. The van der Waals surface area contributed by atoms with Gasteiger partial charge in [0.2, 0.25) is 15.9 Å². The number of benzene rings is 2. The maximum absolute atomic E-state index is 13.6. The molecule has 3 N–H and O–H groups in total. The number of sulfonamides is 1. The highest BCUT2D eigenvalue weighted by molar-refractivity contribution is 8.00. The first-order valence-electron chi connectivity index (χ1n) is 13.3. The number of amides is 1. The van der Waals surface area contributed by atoms with E-state index < -0.39 is 60.5 Å². The SMILES string of the molecule is CC(Sc1ccccc1)[C@@H](CC(=O)N(C)CCO[Si](C)(C)C(C)(C)C)Nc1ccc(S(N)(=O)=O)cc1S(=O)(=O)C(F)(F)F. The number of alkyl halides is 3. The summed E-state index contributed by atoms with van der Waals surface area (Å²) in [4.78, 5) is 13.5. The van der Waals surface area contributed by atoms with Gasteiger partial charge >= 0.3 is 5.51 Å². The van der Waals surface area contributed by atoms with Crippen LogP contribution in [-0.2, 0) is 29.1 Å². The van der Waals surface area contributed by atoms with Crippen LogP contribution in [0.4, 0.5) is 18.9 Å². The van der Waals surface area contributed by atoms with Crippen molar-refractivity contribution < 1.29 is 39.2 Å². The Hall–Kier alpha value is -2.11. The van der Waals surface area contributed by atoms with Crippen LogP contribution in [0.3, 0.4) is 0 Å². The van der Waals surface area contributed by atoms with E-state index in [1.165, 1.54) is 16.7 Å². The van der Waals surface area contributed by atoms with Crippen molar-refractivity contribution in [3.8, 4) is 0 Å². The number of halogens is 3. The molecule has 1 amide bonds. The van der Waals surface area contributed by atoms with Gasteiger partial charge in [-0.25, -0.2) is 22.0 Å². The van der Waals surface area contributed by atoms with E-state index >= 15 is 0 Å². The summed E-state index contributed by atoms with van der Waals surface area (Å²) in [5, 5.41) is 7.39. The smallest absolute Gasteiger partial charge is 0.415 e. The van der Waals surface area contributed by atoms with E-state index in [1.54, 1.807) is 26.1 Å². The van der Waals surface area contributed by atoms with Gasteiger partial charge < -0.3 is 14.6 Å². The fraction of sp³-hybridized carbons (Fsp3) is 0.519. The second-order valence-electron chi connectivity index (χ2n) is 11.7. The molecule has 242 valence electrons. The zero-order valence-corrected chi connectivity index (χ0v) is 28.7. The molecule has 9 nitrogen and oxygen atoms in total. The maximum atomic E-state index is 13.6. The summed E-state index contributed by atoms with van der Waals surface area (Å²) in [5.41, 5.74) is -6.23. The predicted molar refractivity (Wildman–Crippen MR) is 166 cm³/mol. The fourth-order valence-electron chi connectivity index (χ4n) is 3.60. The lowest BCUT2D eigenvalue weighted by molar-refractivity contribution is -0.130. The van der Waals surface area contributed by atoms with Crippen LogP contribution in [0, 0.1) is 0 Å². The zero-order valence-electron chi connectivity index (χ0n) is 25.2. The zero-order chi connectivity index (χ0) is 33.0. The Bertz CT molecular complexity index is 1480. The first-order chi connectivity index (χ1) is 19.5. The van der Waals surface area contributed by atoms with Crippen LogP contribution in [0.25, 0.3) is 0 Å². The summed E-state index contributed by atoms with van der Waals surface area (Å²) in [5.74, 6) is -0.349. The van der Waals surface area contributed by atoms with Crippen LogP contribution in [0.2, 0.25) is 18.1 Å². The molecule has 0 aromatic heterocycles. The lowest BCUT2D eigenvalue weighted by atomic mass is 10.1. The maximum Gasteiger partial charge on any atom is 0.501 e. The second-order valence-corrected chi connectivity index (χ2v) is 21.4. The number of sulfone groups is 1. The Labute approximate surface area is 257 Å².